The van der Waals surface area contributed by atoms with E-state index in [9.17, 15) is 22.8 Å². The normalized spacial score (nSPS) is 12.6. The zero-order valence-electron chi connectivity index (χ0n) is 17.7. The number of rotatable bonds is 8. The molecule has 6 nitrogen and oxygen atoms in total. The van der Waals surface area contributed by atoms with Crippen molar-refractivity contribution >= 4 is 17.5 Å². The van der Waals surface area contributed by atoms with Gasteiger partial charge in [-0.25, -0.2) is 0 Å². The van der Waals surface area contributed by atoms with Gasteiger partial charge in [-0.2, -0.15) is 0 Å². The number of hydrogen-bond donors (Lipinski definition) is 2. The van der Waals surface area contributed by atoms with Gasteiger partial charge in [0.05, 0.1) is 13.1 Å². The highest BCUT2D eigenvalue weighted by molar-refractivity contribution is 5.92. The van der Waals surface area contributed by atoms with Crippen LogP contribution in [-0.4, -0.2) is 48.8 Å². The molecular formula is C20H30F3N3O3. The number of nitrogens with zero attached hydrogens (tertiary/aromatic N) is 1. The fourth-order valence-corrected chi connectivity index (χ4v) is 3.27. The van der Waals surface area contributed by atoms with Crippen LogP contribution in [0.25, 0.3) is 0 Å². The Morgan fingerprint density at radius 2 is 1.48 bits per heavy atom. The van der Waals surface area contributed by atoms with E-state index in [1.165, 1.54) is 12.1 Å². The Morgan fingerprint density at radius 3 is 1.97 bits per heavy atom. The van der Waals surface area contributed by atoms with E-state index in [1.807, 2.05) is 13.8 Å². The Morgan fingerprint density at radius 1 is 0.966 bits per heavy atom. The molecule has 0 atom stereocenters. The summed E-state index contributed by atoms with van der Waals surface area (Å²) in [4.78, 5) is 25.9. The lowest BCUT2D eigenvalue weighted by Gasteiger charge is -2.33. The number of carbonyl (C=O) groups excluding carboxylic acids is 2. The SMILES string of the molecule is CN(CC(=O)Nc1ccc(OC(F)(F)F)cc1)CC(=O)NC(C)(C)CC(C)(C)C. The van der Waals surface area contributed by atoms with E-state index >= 15 is 0 Å². The molecule has 0 spiro atoms. The molecule has 0 unspecified atom stereocenters. The van der Waals surface area contributed by atoms with E-state index in [0.29, 0.717) is 5.69 Å². The molecular weight excluding hydrogens is 387 g/mol. The minimum atomic E-state index is -4.77. The van der Waals surface area contributed by atoms with Gasteiger partial charge in [0, 0.05) is 11.2 Å². The fraction of sp³-hybridized carbons (Fsp3) is 0.600. The Kier molecular flexibility index (Phi) is 8.08. The van der Waals surface area contributed by atoms with Crippen LogP contribution in [0.4, 0.5) is 18.9 Å². The third-order valence-corrected chi connectivity index (χ3v) is 3.65. The van der Waals surface area contributed by atoms with Crippen LogP contribution in [-0.2, 0) is 9.59 Å². The first-order valence-corrected chi connectivity index (χ1v) is 9.20. The van der Waals surface area contributed by atoms with Gasteiger partial charge in [-0.3, -0.25) is 14.5 Å². The molecule has 0 radical (unpaired) electrons. The zero-order chi connectivity index (χ0) is 22.5. The molecule has 2 N–H and O–H groups in total. The summed E-state index contributed by atoms with van der Waals surface area (Å²) in [6, 6.07) is 4.83. The molecule has 0 fully saturated rings. The number of benzene rings is 1. The summed E-state index contributed by atoms with van der Waals surface area (Å²) in [6.07, 6.45) is -3.97. The number of amides is 2. The first kappa shape index (κ1) is 24.7. The van der Waals surface area contributed by atoms with E-state index in [4.69, 9.17) is 0 Å². The highest BCUT2D eigenvalue weighted by atomic mass is 19.4. The van der Waals surface area contributed by atoms with Gasteiger partial charge in [-0.15, -0.1) is 13.2 Å². The van der Waals surface area contributed by atoms with Crippen LogP contribution >= 0.6 is 0 Å². The smallest absolute Gasteiger partial charge is 0.406 e. The molecule has 164 valence electrons. The van der Waals surface area contributed by atoms with Crippen molar-refractivity contribution in [3.05, 3.63) is 24.3 Å². The predicted molar refractivity (Wildman–Crippen MR) is 106 cm³/mol. The van der Waals surface area contributed by atoms with E-state index < -0.39 is 12.3 Å². The highest BCUT2D eigenvalue weighted by Crippen LogP contribution is 2.27. The molecule has 9 heteroatoms. The molecule has 0 bridgehead atoms. The molecule has 0 aliphatic carbocycles. The van der Waals surface area contributed by atoms with Crippen LogP contribution in [0, 0.1) is 5.41 Å². The number of hydrogen-bond acceptors (Lipinski definition) is 4. The number of carbonyl (C=O) groups is 2. The maximum absolute atomic E-state index is 12.3. The maximum Gasteiger partial charge on any atom is 0.573 e. The first-order valence-electron chi connectivity index (χ1n) is 9.20. The quantitative estimate of drug-likeness (QED) is 0.675. The number of nitrogens with one attached hydrogen (secondary N) is 2. The van der Waals surface area contributed by atoms with Crippen LogP contribution in [0.15, 0.2) is 24.3 Å². The third-order valence-electron chi connectivity index (χ3n) is 3.65. The number of ether oxygens (including phenoxy) is 1. The van der Waals surface area contributed by atoms with Crippen molar-refractivity contribution in [2.24, 2.45) is 5.41 Å². The number of anilines is 1. The molecule has 1 aromatic carbocycles. The van der Waals surface area contributed by atoms with Gasteiger partial charge in [0.15, 0.2) is 0 Å². The standard InChI is InChI=1S/C20H30F3N3O3/c1-18(2,3)13-19(4,5)25-17(28)12-26(6)11-16(27)24-14-7-9-15(10-8-14)29-20(21,22)23/h7-10H,11-13H2,1-6H3,(H,24,27)(H,25,28). The summed E-state index contributed by atoms with van der Waals surface area (Å²) in [5.41, 5.74) is 0.00995. The topological polar surface area (TPSA) is 70.7 Å². The molecule has 0 aliphatic rings. The average molecular weight is 417 g/mol. The Bertz CT molecular complexity index is 696. The molecule has 1 aromatic rings. The van der Waals surface area contributed by atoms with Crippen molar-refractivity contribution in [2.75, 3.05) is 25.5 Å². The van der Waals surface area contributed by atoms with Crippen molar-refractivity contribution < 1.29 is 27.5 Å². The van der Waals surface area contributed by atoms with Gasteiger partial charge >= 0.3 is 6.36 Å². The van der Waals surface area contributed by atoms with E-state index in [0.717, 1.165) is 18.6 Å². The van der Waals surface area contributed by atoms with Crippen molar-refractivity contribution in [1.29, 1.82) is 0 Å². The number of halogens is 3. The third kappa shape index (κ3) is 11.3. The van der Waals surface area contributed by atoms with Crippen LogP contribution in [0.2, 0.25) is 0 Å². The fourth-order valence-electron chi connectivity index (χ4n) is 3.27. The van der Waals surface area contributed by atoms with Crippen molar-refractivity contribution in [3.8, 4) is 5.75 Å². The van der Waals surface area contributed by atoms with Gasteiger partial charge in [0.1, 0.15) is 5.75 Å². The lowest BCUT2D eigenvalue weighted by Crippen LogP contribution is -2.49. The lowest BCUT2D eigenvalue weighted by atomic mass is 9.82. The maximum atomic E-state index is 12.3. The van der Waals surface area contributed by atoms with Crippen LogP contribution in [0.1, 0.15) is 41.0 Å². The van der Waals surface area contributed by atoms with Gasteiger partial charge < -0.3 is 15.4 Å². The van der Waals surface area contributed by atoms with Gasteiger partial charge in [-0.05, 0) is 57.0 Å². The number of alkyl halides is 3. The summed E-state index contributed by atoms with van der Waals surface area (Å²) in [5, 5.41) is 5.54. The molecule has 0 aliphatic heterocycles. The second-order valence-corrected chi connectivity index (χ2v) is 8.96. The number of likely N-dealkylation sites (N-methyl/N-ethyl adjacent to an activating group) is 1. The second-order valence-electron chi connectivity index (χ2n) is 8.96. The van der Waals surface area contributed by atoms with Gasteiger partial charge in [-0.1, -0.05) is 20.8 Å². The van der Waals surface area contributed by atoms with Gasteiger partial charge in [0.2, 0.25) is 11.8 Å². The van der Waals surface area contributed by atoms with Gasteiger partial charge in [0.25, 0.3) is 0 Å². The van der Waals surface area contributed by atoms with Crippen LogP contribution < -0.4 is 15.4 Å². The molecule has 2 amide bonds. The first-order chi connectivity index (χ1) is 13.0. The van der Waals surface area contributed by atoms with Crippen LogP contribution in [0.3, 0.4) is 0 Å². The second kappa shape index (κ2) is 9.47. The van der Waals surface area contributed by atoms with E-state index in [-0.39, 0.29) is 35.7 Å². The molecule has 0 saturated carbocycles. The molecule has 1 rings (SSSR count). The summed E-state index contributed by atoms with van der Waals surface area (Å²) in [6.45, 7) is 10.2. The summed E-state index contributed by atoms with van der Waals surface area (Å²) < 4.78 is 40.2. The summed E-state index contributed by atoms with van der Waals surface area (Å²) >= 11 is 0. The largest absolute Gasteiger partial charge is 0.573 e. The van der Waals surface area contributed by atoms with Crippen LogP contribution in [0.5, 0.6) is 5.75 Å². The zero-order valence-corrected chi connectivity index (χ0v) is 17.7. The van der Waals surface area contributed by atoms with Crippen molar-refractivity contribution in [3.63, 3.8) is 0 Å². The van der Waals surface area contributed by atoms with E-state index in [1.54, 1.807) is 11.9 Å². The highest BCUT2D eigenvalue weighted by Gasteiger charge is 2.31. The minimum absolute atomic E-state index is 0.0410. The molecule has 0 heterocycles. The van der Waals surface area contributed by atoms with E-state index in [2.05, 4.69) is 36.1 Å². The Balaban J connectivity index is 2.48. The Hall–Kier alpha value is -2.29. The predicted octanol–water partition coefficient (Wildman–Crippen LogP) is 3.79. The summed E-state index contributed by atoms with van der Waals surface area (Å²) in [7, 11) is 1.64. The Labute approximate surface area is 169 Å². The lowest BCUT2D eigenvalue weighted by molar-refractivity contribution is -0.274. The van der Waals surface area contributed by atoms with Crippen molar-refractivity contribution in [2.45, 2.75) is 52.9 Å². The summed E-state index contributed by atoms with van der Waals surface area (Å²) in [5.74, 6) is -0.955. The minimum Gasteiger partial charge on any atom is -0.406 e. The molecule has 0 saturated heterocycles. The molecule has 29 heavy (non-hydrogen) atoms. The average Bonchev–Trinajstić information content (AvgIpc) is 2.43. The monoisotopic (exact) mass is 417 g/mol. The van der Waals surface area contributed by atoms with Crippen molar-refractivity contribution in [1.82, 2.24) is 10.2 Å². The molecule has 0 aromatic heterocycles.